The summed E-state index contributed by atoms with van der Waals surface area (Å²) in [6.07, 6.45) is 6.30. The summed E-state index contributed by atoms with van der Waals surface area (Å²) in [5, 5.41) is 19.9. The van der Waals surface area contributed by atoms with E-state index in [-0.39, 0.29) is 17.7 Å². The molecule has 0 bridgehead atoms. The van der Waals surface area contributed by atoms with E-state index < -0.39 is 24.0 Å². The van der Waals surface area contributed by atoms with Crippen molar-refractivity contribution in [3.63, 3.8) is 0 Å². The van der Waals surface area contributed by atoms with Crippen LogP contribution in [0, 0.1) is 0 Å². The number of rotatable bonds is 10. The summed E-state index contributed by atoms with van der Waals surface area (Å²) in [7, 11) is 4.15. The SMILES string of the molecule is C/C=C\C=C/C(=O)[C@@H](O)[C@@H](O)C/C=C/c1cc(OC)cc(OC)c1C(=O)OC. The number of methoxy groups -OCH3 is 3. The van der Waals surface area contributed by atoms with Crippen molar-refractivity contribution in [3.05, 3.63) is 53.6 Å². The number of aliphatic hydroxyl groups excluding tert-OH is 2. The second-order valence-electron chi connectivity index (χ2n) is 5.72. The number of carbonyl (C=O) groups excluding carboxylic acids is 2. The highest BCUT2D eigenvalue weighted by Gasteiger charge is 2.22. The van der Waals surface area contributed by atoms with Crippen molar-refractivity contribution in [1.29, 1.82) is 0 Å². The zero-order valence-electron chi connectivity index (χ0n) is 16.4. The fourth-order valence-corrected chi connectivity index (χ4v) is 2.35. The van der Waals surface area contributed by atoms with Crippen molar-refractivity contribution >= 4 is 17.8 Å². The van der Waals surface area contributed by atoms with E-state index in [2.05, 4.69) is 0 Å². The Balaban J connectivity index is 3.01. The third kappa shape index (κ3) is 6.37. The minimum atomic E-state index is -1.55. The zero-order chi connectivity index (χ0) is 21.1. The predicted octanol–water partition coefficient (Wildman–Crippen LogP) is 2.32. The molecule has 1 rings (SSSR count). The normalized spacial score (nSPS) is 13.8. The fourth-order valence-electron chi connectivity index (χ4n) is 2.35. The molecule has 0 saturated heterocycles. The van der Waals surface area contributed by atoms with E-state index in [4.69, 9.17) is 14.2 Å². The van der Waals surface area contributed by atoms with Gasteiger partial charge in [0, 0.05) is 6.07 Å². The van der Waals surface area contributed by atoms with Crippen molar-refractivity contribution in [2.24, 2.45) is 0 Å². The number of allylic oxidation sites excluding steroid dienone is 3. The summed E-state index contributed by atoms with van der Waals surface area (Å²) in [5.41, 5.74) is 0.645. The lowest BCUT2D eigenvalue weighted by Gasteiger charge is -2.14. The molecule has 0 radical (unpaired) electrons. The fraction of sp³-hybridized carbons (Fsp3) is 0.333. The Kier molecular flexibility index (Phi) is 9.70. The first kappa shape index (κ1) is 23.1. The van der Waals surface area contributed by atoms with Gasteiger partial charge in [0.25, 0.3) is 0 Å². The predicted molar refractivity (Wildman–Crippen MR) is 106 cm³/mol. The molecule has 0 aliphatic heterocycles. The molecule has 0 aliphatic rings. The van der Waals surface area contributed by atoms with Crippen LogP contribution in [0.4, 0.5) is 0 Å². The maximum absolute atomic E-state index is 12.1. The van der Waals surface area contributed by atoms with Crippen LogP contribution in [0.15, 0.2) is 42.5 Å². The number of ether oxygens (including phenoxy) is 3. The molecule has 0 heterocycles. The summed E-state index contributed by atoms with van der Waals surface area (Å²) in [5.74, 6) is -0.453. The number of ketones is 1. The maximum Gasteiger partial charge on any atom is 0.342 e. The van der Waals surface area contributed by atoms with Gasteiger partial charge < -0.3 is 24.4 Å². The Bertz CT molecular complexity index is 762. The summed E-state index contributed by atoms with van der Waals surface area (Å²) in [4.78, 5) is 23.9. The highest BCUT2D eigenvalue weighted by Crippen LogP contribution is 2.30. The van der Waals surface area contributed by atoms with Crippen LogP contribution in [0.5, 0.6) is 11.5 Å². The van der Waals surface area contributed by atoms with Gasteiger partial charge >= 0.3 is 5.97 Å². The summed E-state index contributed by atoms with van der Waals surface area (Å²) < 4.78 is 15.2. The highest BCUT2D eigenvalue weighted by molar-refractivity contribution is 5.97. The van der Waals surface area contributed by atoms with E-state index in [1.807, 2.05) is 0 Å². The van der Waals surface area contributed by atoms with Gasteiger partial charge in [-0.15, -0.1) is 0 Å². The highest BCUT2D eigenvalue weighted by atomic mass is 16.5. The summed E-state index contributed by atoms with van der Waals surface area (Å²) >= 11 is 0. The van der Waals surface area contributed by atoms with Crippen molar-refractivity contribution < 1.29 is 34.0 Å². The quantitative estimate of drug-likeness (QED) is 0.359. The van der Waals surface area contributed by atoms with Gasteiger partial charge in [0.15, 0.2) is 5.78 Å². The van der Waals surface area contributed by atoms with E-state index in [0.29, 0.717) is 11.3 Å². The van der Waals surface area contributed by atoms with Gasteiger partial charge in [-0.2, -0.15) is 0 Å². The molecule has 2 N–H and O–H groups in total. The molecule has 0 unspecified atom stereocenters. The lowest BCUT2D eigenvalue weighted by Crippen LogP contribution is -2.32. The first-order valence-electron chi connectivity index (χ1n) is 8.59. The molecule has 1 aromatic rings. The standard InChI is InChI=1S/C21H26O7/c1-5-6-7-10-16(22)20(24)17(23)11-8-9-14-12-15(26-2)13-18(27-3)19(14)21(25)28-4/h5-10,12-13,17,20,23-24H,11H2,1-4H3/b6-5-,9-8+,10-7-/t17-,20+/m0/s1. The molecule has 152 valence electrons. The smallest absolute Gasteiger partial charge is 0.342 e. The molecule has 0 spiro atoms. The average molecular weight is 390 g/mol. The van der Waals surface area contributed by atoms with Gasteiger partial charge in [-0.05, 0) is 31.1 Å². The van der Waals surface area contributed by atoms with E-state index >= 15 is 0 Å². The molecule has 0 aromatic heterocycles. The minimum Gasteiger partial charge on any atom is -0.497 e. The number of hydrogen-bond acceptors (Lipinski definition) is 7. The Morgan fingerprint density at radius 2 is 1.82 bits per heavy atom. The lowest BCUT2D eigenvalue weighted by atomic mass is 10.0. The van der Waals surface area contributed by atoms with Gasteiger partial charge in [-0.3, -0.25) is 4.79 Å². The Labute approximate surface area is 164 Å². The Hall–Kier alpha value is -2.90. The number of esters is 1. The van der Waals surface area contributed by atoms with E-state index in [9.17, 15) is 19.8 Å². The van der Waals surface area contributed by atoms with Crippen LogP contribution >= 0.6 is 0 Å². The molecule has 0 aliphatic carbocycles. The topological polar surface area (TPSA) is 102 Å². The molecular weight excluding hydrogens is 364 g/mol. The van der Waals surface area contributed by atoms with Gasteiger partial charge in [-0.25, -0.2) is 4.79 Å². The number of hydrogen-bond donors (Lipinski definition) is 2. The average Bonchev–Trinajstić information content (AvgIpc) is 2.71. The second-order valence-corrected chi connectivity index (χ2v) is 5.72. The van der Waals surface area contributed by atoms with Crippen LogP contribution < -0.4 is 9.47 Å². The molecule has 7 heteroatoms. The maximum atomic E-state index is 12.1. The third-order valence-corrected chi connectivity index (χ3v) is 3.85. The summed E-state index contributed by atoms with van der Waals surface area (Å²) in [6.45, 7) is 1.79. The van der Waals surface area contributed by atoms with Crippen LogP contribution in [-0.4, -0.2) is 55.5 Å². The number of carbonyl (C=O) groups is 2. The van der Waals surface area contributed by atoms with Crippen molar-refractivity contribution in [2.75, 3.05) is 21.3 Å². The second kappa shape index (κ2) is 11.7. The molecule has 1 aromatic carbocycles. The van der Waals surface area contributed by atoms with Crippen molar-refractivity contribution in [2.45, 2.75) is 25.6 Å². The van der Waals surface area contributed by atoms with Crippen molar-refractivity contribution in [1.82, 2.24) is 0 Å². The molecule has 0 saturated carbocycles. The minimum absolute atomic E-state index is 0.00942. The first-order valence-corrected chi connectivity index (χ1v) is 8.59. The zero-order valence-corrected chi connectivity index (χ0v) is 16.4. The molecule has 28 heavy (non-hydrogen) atoms. The van der Waals surface area contributed by atoms with Crippen molar-refractivity contribution in [3.8, 4) is 11.5 Å². The third-order valence-electron chi connectivity index (χ3n) is 3.85. The van der Waals surface area contributed by atoms with Gasteiger partial charge in [0.05, 0.1) is 27.4 Å². The monoisotopic (exact) mass is 390 g/mol. The molecular formula is C21H26O7. The van der Waals surface area contributed by atoms with Crippen LogP contribution in [0.25, 0.3) is 6.08 Å². The van der Waals surface area contributed by atoms with Crippen LogP contribution in [0.3, 0.4) is 0 Å². The lowest BCUT2D eigenvalue weighted by molar-refractivity contribution is -0.127. The van der Waals surface area contributed by atoms with Crippen LogP contribution in [0.1, 0.15) is 29.3 Å². The van der Waals surface area contributed by atoms with E-state index in [1.54, 1.807) is 37.3 Å². The Morgan fingerprint density at radius 3 is 2.39 bits per heavy atom. The summed E-state index contributed by atoms with van der Waals surface area (Å²) in [6, 6.07) is 3.16. The van der Waals surface area contributed by atoms with Crippen LogP contribution in [0.2, 0.25) is 0 Å². The molecule has 7 nitrogen and oxygen atoms in total. The van der Waals surface area contributed by atoms with E-state index in [1.165, 1.54) is 39.6 Å². The molecule has 0 amide bonds. The Morgan fingerprint density at radius 1 is 1.11 bits per heavy atom. The van der Waals surface area contributed by atoms with Gasteiger partial charge in [0.2, 0.25) is 0 Å². The van der Waals surface area contributed by atoms with Gasteiger partial charge in [-0.1, -0.05) is 30.4 Å². The van der Waals surface area contributed by atoms with E-state index in [0.717, 1.165) is 0 Å². The largest absolute Gasteiger partial charge is 0.497 e. The number of benzene rings is 1. The molecule has 0 fully saturated rings. The van der Waals surface area contributed by atoms with Gasteiger partial charge in [0.1, 0.15) is 23.2 Å². The first-order chi connectivity index (χ1) is 13.4. The van der Waals surface area contributed by atoms with Crippen LogP contribution in [-0.2, 0) is 9.53 Å². The molecule has 2 atom stereocenters. The number of aliphatic hydroxyl groups is 2.